The van der Waals surface area contributed by atoms with Gasteiger partial charge in [0.2, 0.25) is 11.6 Å². The first-order valence-corrected chi connectivity index (χ1v) is 13.0. The number of nitrogen functional groups attached to an aromatic ring is 1. The summed E-state index contributed by atoms with van der Waals surface area (Å²) >= 11 is 0. The normalized spacial score (nSPS) is 25.4. The van der Waals surface area contributed by atoms with Gasteiger partial charge in [-0.25, -0.2) is 23.2 Å². The molecule has 1 saturated heterocycles. The van der Waals surface area contributed by atoms with Crippen LogP contribution in [0.3, 0.4) is 0 Å². The molecule has 32 heavy (non-hydrogen) atoms. The molecule has 17 nitrogen and oxygen atoms in total. The predicted molar refractivity (Wildman–Crippen MR) is 104 cm³/mol. The topological polar surface area (TPSA) is 258 Å². The fraction of sp³-hybridized carbons (Fsp3) is 0.417. The molecular formula is C12H18N5O12P3. The Kier molecular flexibility index (Phi) is 6.92. The molecule has 2 aromatic rings. The van der Waals surface area contributed by atoms with Crippen LogP contribution in [0.5, 0.6) is 0 Å². The van der Waals surface area contributed by atoms with Crippen LogP contribution in [0.1, 0.15) is 18.2 Å². The second-order valence-corrected chi connectivity index (χ2v) is 10.9. The van der Waals surface area contributed by atoms with Crippen molar-refractivity contribution in [1.82, 2.24) is 19.6 Å². The number of hydrogen-bond acceptors (Lipinski definition) is 11. The molecule has 1 fully saturated rings. The molecular weight excluding hydrogens is 499 g/mol. The second-order valence-electron chi connectivity index (χ2n) is 6.46. The van der Waals surface area contributed by atoms with Crippen LogP contribution in [0.25, 0.3) is 5.65 Å². The van der Waals surface area contributed by atoms with E-state index in [4.69, 9.17) is 20.3 Å². The van der Waals surface area contributed by atoms with Gasteiger partial charge in [-0.2, -0.15) is 8.62 Å². The van der Waals surface area contributed by atoms with Crippen LogP contribution in [0.4, 0.5) is 5.95 Å². The first kappa shape index (κ1) is 24.9. The number of phosphoric acid groups is 3. The molecule has 0 aromatic carbocycles. The maximum atomic E-state index is 11.9. The number of nitrogens with one attached hydrogen (secondary N) is 1. The van der Waals surface area contributed by atoms with E-state index in [0.717, 1.165) is 0 Å². The van der Waals surface area contributed by atoms with Crippen molar-refractivity contribution < 1.29 is 51.2 Å². The van der Waals surface area contributed by atoms with E-state index in [0.29, 0.717) is 5.69 Å². The van der Waals surface area contributed by atoms with Gasteiger partial charge in [-0.3, -0.25) is 14.3 Å². The van der Waals surface area contributed by atoms with Gasteiger partial charge in [-0.05, 0) is 6.42 Å². The number of rotatable bonds is 9. The van der Waals surface area contributed by atoms with Gasteiger partial charge >= 0.3 is 23.5 Å². The minimum Gasteiger partial charge on any atom is -0.368 e. The highest BCUT2D eigenvalue weighted by Crippen LogP contribution is 2.66. The lowest BCUT2D eigenvalue weighted by atomic mass is 9.98. The van der Waals surface area contributed by atoms with E-state index in [9.17, 15) is 28.3 Å². The number of fused-ring (bicyclic) bond motifs is 1. The molecule has 0 spiro atoms. The predicted octanol–water partition coefficient (Wildman–Crippen LogP) is -0.0247. The van der Waals surface area contributed by atoms with Crippen molar-refractivity contribution in [2.24, 2.45) is 5.92 Å². The molecule has 3 rings (SSSR count). The molecule has 1 aliphatic rings. The molecule has 3 heterocycles. The second kappa shape index (κ2) is 8.89. The first-order valence-electron chi connectivity index (χ1n) is 8.49. The highest BCUT2D eigenvalue weighted by atomic mass is 31.3. The number of ether oxygens (including phenoxy) is 1. The summed E-state index contributed by atoms with van der Waals surface area (Å²) in [6.07, 6.45) is 1.45. The summed E-state index contributed by atoms with van der Waals surface area (Å²) < 4.78 is 52.8. The van der Waals surface area contributed by atoms with E-state index in [-0.39, 0.29) is 23.9 Å². The number of aromatic nitrogens is 4. The molecule has 5 atom stereocenters. The summed E-state index contributed by atoms with van der Waals surface area (Å²) in [4.78, 5) is 54.0. The van der Waals surface area contributed by atoms with Crippen LogP contribution >= 0.6 is 23.5 Å². The SMILES string of the molecule is C=C[C@@H]1C[C@@H](COP(=O)(O)OP(=O)(O)OP(=O)(O)O)O[C@H]1c1cnc2c(=O)[nH]c(N)nn12. The summed E-state index contributed by atoms with van der Waals surface area (Å²) in [6.45, 7) is 3.06. The molecule has 20 heteroatoms. The third-order valence-corrected chi connectivity index (χ3v) is 7.92. The summed E-state index contributed by atoms with van der Waals surface area (Å²) in [7, 11) is -16.4. The number of anilines is 1. The van der Waals surface area contributed by atoms with Gasteiger partial charge in [0, 0.05) is 5.92 Å². The number of hydrogen-bond donors (Lipinski definition) is 6. The lowest BCUT2D eigenvalue weighted by molar-refractivity contribution is 0.00367. The number of nitrogens with zero attached hydrogens (tertiary/aromatic N) is 3. The van der Waals surface area contributed by atoms with E-state index in [1.807, 2.05) is 0 Å². The van der Waals surface area contributed by atoms with Gasteiger partial charge in [0.15, 0.2) is 0 Å². The Morgan fingerprint density at radius 1 is 1.28 bits per heavy atom. The number of aromatic amines is 1. The van der Waals surface area contributed by atoms with Crippen molar-refractivity contribution >= 4 is 35.1 Å². The fourth-order valence-corrected chi connectivity index (χ4v) is 6.05. The van der Waals surface area contributed by atoms with Crippen LogP contribution in [0.2, 0.25) is 0 Å². The summed E-state index contributed by atoms with van der Waals surface area (Å²) in [5.41, 5.74) is 5.27. The number of phosphoric ester groups is 1. The van der Waals surface area contributed by atoms with Crippen molar-refractivity contribution in [3.8, 4) is 0 Å². The fourth-order valence-electron chi connectivity index (χ4n) is 3.01. The molecule has 7 N–H and O–H groups in total. The third-order valence-electron chi connectivity index (χ3n) is 4.11. The van der Waals surface area contributed by atoms with Gasteiger partial charge in [0.05, 0.1) is 24.6 Å². The molecule has 0 amide bonds. The average molecular weight is 517 g/mol. The maximum Gasteiger partial charge on any atom is 0.490 e. The third kappa shape index (κ3) is 5.98. The average Bonchev–Trinajstić information content (AvgIpc) is 3.20. The Bertz CT molecular complexity index is 1220. The van der Waals surface area contributed by atoms with Crippen LogP contribution in [-0.2, 0) is 31.6 Å². The number of H-pyrrole nitrogens is 1. The Balaban J connectivity index is 1.71. The Morgan fingerprint density at radius 3 is 2.59 bits per heavy atom. The lowest BCUT2D eigenvalue weighted by Crippen LogP contribution is -2.19. The number of imidazole rings is 1. The molecule has 0 radical (unpaired) electrons. The van der Waals surface area contributed by atoms with E-state index in [1.54, 1.807) is 0 Å². The minimum absolute atomic E-state index is 0.0441. The summed E-state index contributed by atoms with van der Waals surface area (Å²) in [5.74, 6) is -0.550. The van der Waals surface area contributed by atoms with Gasteiger partial charge in [-0.1, -0.05) is 6.08 Å². The number of nitrogens with two attached hydrogens (primary N) is 1. The minimum atomic E-state index is -5.63. The zero-order chi connectivity index (χ0) is 23.9. The first-order chi connectivity index (χ1) is 14.7. The zero-order valence-corrected chi connectivity index (χ0v) is 18.5. The maximum absolute atomic E-state index is 11.9. The van der Waals surface area contributed by atoms with Gasteiger partial charge in [0.25, 0.3) is 5.56 Å². The van der Waals surface area contributed by atoms with Crippen LogP contribution < -0.4 is 11.3 Å². The lowest BCUT2D eigenvalue weighted by Gasteiger charge is -2.18. The van der Waals surface area contributed by atoms with E-state index < -0.39 is 47.8 Å². The van der Waals surface area contributed by atoms with E-state index in [1.165, 1.54) is 16.8 Å². The van der Waals surface area contributed by atoms with E-state index >= 15 is 0 Å². The van der Waals surface area contributed by atoms with Crippen molar-refractivity contribution in [2.75, 3.05) is 12.3 Å². The highest BCUT2D eigenvalue weighted by molar-refractivity contribution is 7.66. The van der Waals surface area contributed by atoms with Crippen molar-refractivity contribution in [1.29, 1.82) is 0 Å². The van der Waals surface area contributed by atoms with Crippen LogP contribution in [-0.4, -0.2) is 51.9 Å². The molecule has 0 bridgehead atoms. The van der Waals surface area contributed by atoms with Crippen molar-refractivity contribution in [3.63, 3.8) is 0 Å². The largest absolute Gasteiger partial charge is 0.490 e. The molecule has 2 unspecified atom stereocenters. The molecule has 2 aromatic heterocycles. The van der Waals surface area contributed by atoms with Crippen LogP contribution in [0.15, 0.2) is 23.6 Å². The van der Waals surface area contributed by atoms with Gasteiger partial charge in [-0.15, -0.1) is 11.7 Å². The summed E-state index contributed by atoms with van der Waals surface area (Å²) in [6, 6.07) is 0. The van der Waals surface area contributed by atoms with Crippen molar-refractivity contribution in [3.05, 3.63) is 34.9 Å². The zero-order valence-electron chi connectivity index (χ0n) is 15.8. The van der Waals surface area contributed by atoms with Crippen molar-refractivity contribution in [2.45, 2.75) is 18.6 Å². The van der Waals surface area contributed by atoms with E-state index in [2.05, 4.69) is 34.8 Å². The van der Waals surface area contributed by atoms with Crippen LogP contribution in [0, 0.1) is 5.92 Å². The quantitative estimate of drug-likeness (QED) is 0.189. The Morgan fingerprint density at radius 2 is 1.97 bits per heavy atom. The van der Waals surface area contributed by atoms with Gasteiger partial charge < -0.3 is 30.0 Å². The Labute approximate surface area is 178 Å². The Hall–Kier alpha value is -1.74. The summed E-state index contributed by atoms with van der Waals surface area (Å²) in [5, 5.41) is 3.98. The molecule has 1 aliphatic heterocycles. The standard InChI is InChI=1S/C12H18N5O12P3/c1-2-6-3-7(5-26-31(22,23)29-32(24,25)28-30(19,20)21)27-9(6)8-4-14-10-11(18)15-12(13)16-17(8)10/h2,4,6-7,9H,1,3,5H2,(H,22,23)(H,24,25)(H2,19,20,21)(H3,13,15,16,18)/t6-,7+,9-/m1/s1. The molecule has 178 valence electrons. The highest BCUT2D eigenvalue weighted by Gasteiger charge is 2.42. The monoisotopic (exact) mass is 517 g/mol. The smallest absolute Gasteiger partial charge is 0.368 e. The molecule has 0 saturated carbocycles. The molecule has 0 aliphatic carbocycles. The van der Waals surface area contributed by atoms with Gasteiger partial charge in [0.1, 0.15) is 6.10 Å².